The Hall–Kier alpha value is -1.74. The highest BCUT2D eigenvalue weighted by Crippen LogP contribution is 2.36. The fraction of sp³-hybridized carbons (Fsp3) is 0.522. The van der Waals surface area contributed by atoms with Crippen LogP contribution in [0, 0.1) is 19.8 Å². The summed E-state index contributed by atoms with van der Waals surface area (Å²) in [5.41, 5.74) is 4.91. The van der Waals surface area contributed by atoms with Gasteiger partial charge in [-0.3, -0.25) is 0 Å². The Balaban J connectivity index is 1.94. The first-order valence-corrected chi connectivity index (χ1v) is 12.9. The summed E-state index contributed by atoms with van der Waals surface area (Å²) in [6.07, 6.45) is 0.667. The van der Waals surface area contributed by atoms with Gasteiger partial charge >= 0.3 is 5.97 Å². The quantitative estimate of drug-likeness (QED) is 0.638. The summed E-state index contributed by atoms with van der Waals surface area (Å²) in [6.45, 7) is 11.0. The molecule has 1 aliphatic heterocycles. The van der Waals surface area contributed by atoms with Crippen LogP contribution in [0.1, 0.15) is 51.3 Å². The number of carbonyl (C=O) groups excluding carboxylic acids is 1. The van der Waals surface area contributed by atoms with Crippen molar-refractivity contribution in [1.29, 1.82) is 0 Å². The van der Waals surface area contributed by atoms with E-state index in [2.05, 4.69) is 32.0 Å². The van der Waals surface area contributed by atoms with E-state index in [1.165, 1.54) is 44.3 Å². The molecule has 0 fully saturated rings. The number of fused-ring (bicyclic) bond motifs is 1. The normalized spacial score (nSPS) is 16.6. The number of aryl methyl sites for hydroxylation is 2. The third kappa shape index (κ3) is 5.03. The molecule has 1 atom stereocenters. The maximum atomic E-state index is 13.3. The summed E-state index contributed by atoms with van der Waals surface area (Å²) >= 11 is 1.24. The topological polar surface area (TPSA) is 68.1 Å². The van der Waals surface area contributed by atoms with Gasteiger partial charge in [-0.15, -0.1) is 11.3 Å². The van der Waals surface area contributed by atoms with E-state index < -0.39 is 16.0 Å². The molecule has 1 unspecified atom stereocenters. The van der Waals surface area contributed by atoms with Crippen molar-refractivity contribution in [3.8, 4) is 0 Å². The molecule has 2 aromatic rings. The van der Waals surface area contributed by atoms with E-state index in [0.717, 1.165) is 23.5 Å². The molecular formula is C23H33N2O4S2+. The maximum absolute atomic E-state index is 13.3. The number of nitrogens with one attached hydrogen (secondary N) is 1. The Labute approximate surface area is 189 Å². The molecule has 1 N–H and O–H groups in total. The first-order valence-electron chi connectivity index (χ1n) is 10.6. The minimum Gasteiger partial charge on any atom is -0.465 e. The van der Waals surface area contributed by atoms with Gasteiger partial charge in [0, 0.05) is 25.6 Å². The Bertz CT molecular complexity index is 1070. The number of carbonyl (C=O) groups is 1. The van der Waals surface area contributed by atoms with Crippen molar-refractivity contribution >= 4 is 27.3 Å². The summed E-state index contributed by atoms with van der Waals surface area (Å²) in [5.74, 6) is -0.375. The van der Waals surface area contributed by atoms with Crippen LogP contribution >= 0.6 is 11.3 Å². The van der Waals surface area contributed by atoms with Crippen molar-refractivity contribution in [3.05, 3.63) is 50.9 Å². The summed E-state index contributed by atoms with van der Waals surface area (Å²) in [5, 5.41) is 0. The molecule has 1 aromatic carbocycles. The van der Waals surface area contributed by atoms with Crippen molar-refractivity contribution in [1.82, 2.24) is 4.31 Å². The van der Waals surface area contributed by atoms with Crippen molar-refractivity contribution in [2.75, 3.05) is 27.2 Å². The van der Waals surface area contributed by atoms with Crippen LogP contribution in [-0.4, -0.2) is 45.9 Å². The van der Waals surface area contributed by atoms with Crippen LogP contribution in [0.3, 0.4) is 0 Å². The SMILES string of the molecule is COC(=O)c1c(S(=O)(=O)N(C)CC(C)C)sc2c1CC[NH+](Cc1ccc(C)cc1C)C2. The van der Waals surface area contributed by atoms with Gasteiger partial charge in [0.05, 0.1) is 24.1 Å². The average Bonchev–Trinajstić information content (AvgIpc) is 3.08. The number of ether oxygens (including phenoxy) is 1. The van der Waals surface area contributed by atoms with Gasteiger partial charge in [-0.1, -0.05) is 37.6 Å². The van der Waals surface area contributed by atoms with E-state index in [4.69, 9.17) is 4.74 Å². The van der Waals surface area contributed by atoms with E-state index >= 15 is 0 Å². The van der Waals surface area contributed by atoms with Gasteiger partial charge in [-0.2, -0.15) is 4.31 Å². The molecular weight excluding hydrogens is 432 g/mol. The number of hydrogen-bond acceptors (Lipinski definition) is 5. The van der Waals surface area contributed by atoms with Gasteiger partial charge < -0.3 is 9.64 Å². The molecule has 3 rings (SSSR count). The van der Waals surface area contributed by atoms with E-state index in [0.29, 0.717) is 19.5 Å². The molecule has 8 heteroatoms. The predicted octanol–water partition coefficient (Wildman–Crippen LogP) is 2.57. The van der Waals surface area contributed by atoms with Crippen LogP contribution in [0.2, 0.25) is 0 Å². The number of esters is 1. The highest BCUT2D eigenvalue weighted by Gasteiger charge is 2.37. The maximum Gasteiger partial charge on any atom is 0.340 e. The third-order valence-corrected chi connectivity index (χ3v) is 9.34. The highest BCUT2D eigenvalue weighted by molar-refractivity contribution is 7.91. The molecule has 2 heterocycles. The lowest BCUT2D eigenvalue weighted by Crippen LogP contribution is -3.10. The molecule has 0 saturated carbocycles. The molecule has 0 aliphatic carbocycles. The number of thiophene rings is 1. The number of hydrogen-bond donors (Lipinski definition) is 1. The molecule has 1 aliphatic rings. The Morgan fingerprint density at radius 2 is 2.00 bits per heavy atom. The Morgan fingerprint density at radius 1 is 1.29 bits per heavy atom. The predicted molar refractivity (Wildman–Crippen MR) is 123 cm³/mol. The van der Waals surface area contributed by atoms with Gasteiger partial charge in [0.1, 0.15) is 17.3 Å². The molecule has 31 heavy (non-hydrogen) atoms. The number of benzene rings is 1. The molecule has 0 radical (unpaired) electrons. The van der Waals surface area contributed by atoms with E-state index in [1.54, 1.807) is 7.05 Å². The molecule has 0 bridgehead atoms. The number of nitrogens with zero attached hydrogens (tertiary/aromatic N) is 1. The van der Waals surface area contributed by atoms with Crippen LogP contribution in [0.4, 0.5) is 0 Å². The molecule has 6 nitrogen and oxygen atoms in total. The first kappa shape index (κ1) is 23.9. The van der Waals surface area contributed by atoms with E-state index in [-0.39, 0.29) is 15.7 Å². The second-order valence-electron chi connectivity index (χ2n) is 8.87. The largest absolute Gasteiger partial charge is 0.465 e. The minimum absolute atomic E-state index is 0.125. The second kappa shape index (κ2) is 9.40. The number of rotatable bonds is 7. The summed E-state index contributed by atoms with van der Waals surface area (Å²) < 4.78 is 33.1. The van der Waals surface area contributed by atoms with Crippen molar-refractivity contribution in [2.24, 2.45) is 5.92 Å². The van der Waals surface area contributed by atoms with Gasteiger partial charge in [0.2, 0.25) is 0 Å². The van der Waals surface area contributed by atoms with Crippen LogP contribution in [0.15, 0.2) is 22.4 Å². The molecule has 0 saturated heterocycles. The molecule has 0 amide bonds. The van der Waals surface area contributed by atoms with Crippen molar-refractivity contribution in [3.63, 3.8) is 0 Å². The average molecular weight is 466 g/mol. The molecule has 170 valence electrons. The third-order valence-electron chi connectivity index (χ3n) is 5.79. The van der Waals surface area contributed by atoms with E-state index in [1.807, 2.05) is 13.8 Å². The monoisotopic (exact) mass is 465 g/mol. The zero-order chi connectivity index (χ0) is 22.9. The second-order valence-corrected chi connectivity index (χ2v) is 12.2. The minimum atomic E-state index is -3.76. The zero-order valence-electron chi connectivity index (χ0n) is 19.2. The number of methoxy groups -OCH3 is 1. The number of quaternary nitrogens is 1. The van der Waals surface area contributed by atoms with Crippen molar-refractivity contribution in [2.45, 2.75) is 51.4 Å². The van der Waals surface area contributed by atoms with Crippen LogP contribution in [0.25, 0.3) is 0 Å². The van der Waals surface area contributed by atoms with Gasteiger partial charge in [-0.05, 0) is 30.9 Å². The first-order chi connectivity index (χ1) is 14.5. The van der Waals surface area contributed by atoms with E-state index in [9.17, 15) is 13.2 Å². The van der Waals surface area contributed by atoms with Crippen molar-refractivity contribution < 1.29 is 22.8 Å². The van der Waals surface area contributed by atoms with Crippen LogP contribution < -0.4 is 4.90 Å². The Morgan fingerprint density at radius 3 is 2.61 bits per heavy atom. The smallest absolute Gasteiger partial charge is 0.340 e. The summed E-state index contributed by atoms with van der Waals surface area (Å²) in [6, 6.07) is 6.50. The molecule has 1 aromatic heterocycles. The highest BCUT2D eigenvalue weighted by atomic mass is 32.2. The van der Waals surface area contributed by atoms with Gasteiger partial charge in [0.15, 0.2) is 0 Å². The fourth-order valence-electron chi connectivity index (χ4n) is 4.22. The number of sulfonamides is 1. The van der Waals surface area contributed by atoms with Gasteiger partial charge in [0.25, 0.3) is 10.0 Å². The zero-order valence-corrected chi connectivity index (χ0v) is 20.9. The van der Waals surface area contributed by atoms with Crippen LogP contribution in [-0.2, 0) is 34.3 Å². The Kier molecular flexibility index (Phi) is 7.25. The summed E-state index contributed by atoms with van der Waals surface area (Å²) in [4.78, 5) is 14.9. The fourth-order valence-corrected chi connectivity index (χ4v) is 7.70. The molecule has 0 spiro atoms. The van der Waals surface area contributed by atoms with Gasteiger partial charge in [-0.25, -0.2) is 13.2 Å². The lowest BCUT2D eigenvalue weighted by molar-refractivity contribution is -0.929. The lowest BCUT2D eigenvalue weighted by atomic mass is 10.0. The summed E-state index contributed by atoms with van der Waals surface area (Å²) in [7, 11) is -0.877. The standard InChI is InChI=1S/C23H32N2O4S2/c1-15(2)12-24(5)31(27,28)23-21(22(26)29-6)19-9-10-25(14-20(19)30-23)13-18-8-7-16(3)11-17(18)4/h7-8,11,15H,9-10,12-14H2,1-6H3/p+1. The lowest BCUT2D eigenvalue weighted by Gasteiger charge is -2.25. The van der Waals surface area contributed by atoms with Crippen LogP contribution in [0.5, 0.6) is 0 Å².